The number of rotatable bonds is 7. The van der Waals surface area contributed by atoms with Gasteiger partial charge in [-0.05, 0) is 41.8 Å². The zero-order valence-electron chi connectivity index (χ0n) is 13.4. The smallest absolute Gasteiger partial charge is 0.248 e. The summed E-state index contributed by atoms with van der Waals surface area (Å²) in [5, 5.41) is 2.90. The minimum absolute atomic E-state index is 0.148. The predicted octanol–water partition coefficient (Wildman–Crippen LogP) is 3.88. The molecular weight excluding hydrogens is 290 g/mol. The Hall–Kier alpha value is -2.59. The molecule has 2 rings (SSSR count). The van der Waals surface area contributed by atoms with Crippen LogP contribution in [0.4, 0.5) is 5.69 Å². The van der Waals surface area contributed by atoms with Gasteiger partial charge in [-0.25, -0.2) is 0 Å². The first kappa shape index (κ1) is 16.8. The van der Waals surface area contributed by atoms with Crippen molar-refractivity contribution in [2.45, 2.75) is 13.3 Å². The van der Waals surface area contributed by atoms with Gasteiger partial charge in [-0.1, -0.05) is 37.3 Å². The molecule has 0 aromatic heterocycles. The van der Waals surface area contributed by atoms with Crippen molar-refractivity contribution in [1.82, 2.24) is 0 Å². The van der Waals surface area contributed by atoms with Crippen LogP contribution in [0.25, 0.3) is 6.08 Å². The van der Waals surface area contributed by atoms with Crippen LogP contribution < -0.4 is 10.1 Å². The predicted molar refractivity (Wildman–Crippen MR) is 92.4 cm³/mol. The van der Waals surface area contributed by atoms with Gasteiger partial charge in [-0.3, -0.25) is 4.79 Å². The molecular formula is C19H21NO3. The molecule has 0 spiro atoms. The average Bonchev–Trinajstić information content (AvgIpc) is 2.59. The highest BCUT2D eigenvalue weighted by Gasteiger charge is 2.02. The van der Waals surface area contributed by atoms with Gasteiger partial charge < -0.3 is 14.8 Å². The molecule has 0 radical (unpaired) electrons. The normalized spacial score (nSPS) is 10.7. The van der Waals surface area contributed by atoms with Gasteiger partial charge in [0.2, 0.25) is 5.91 Å². The number of benzene rings is 2. The van der Waals surface area contributed by atoms with Crippen molar-refractivity contribution in [1.29, 1.82) is 0 Å². The van der Waals surface area contributed by atoms with Crippen molar-refractivity contribution >= 4 is 17.7 Å². The third kappa shape index (κ3) is 5.27. The minimum Gasteiger partial charge on any atom is -0.468 e. The molecule has 0 atom stereocenters. The molecule has 0 unspecified atom stereocenters. The fourth-order valence-corrected chi connectivity index (χ4v) is 2.10. The first-order valence-corrected chi connectivity index (χ1v) is 7.51. The highest BCUT2D eigenvalue weighted by atomic mass is 16.7. The van der Waals surface area contributed by atoms with Crippen LogP contribution >= 0.6 is 0 Å². The summed E-state index contributed by atoms with van der Waals surface area (Å²) in [6.07, 6.45) is 4.17. The number of anilines is 1. The maximum absolute atomic E-state index is 12.0. The van der Waals surface area contributed by atoms with E-state index in [2.05, 4.69) is 12.2 Å². The standard InChI is InChI=1S/C19H21NO3/c1-3-16-6-4-5-7-18(16)20-19(21)13-10-15-8-11-17(12-9-15)23-14-22-2/h4-13H,3,14H2,1-2H3,(H,20,21)/b13-10+. The molecule has 2 aromatic carbocycles. The van der Waals surface area contributed by atoms with Crippen LogP contribution in [0.5, 0.6) is 5.75 Å². The maximum Gasteiger partial charge on any atom is 0.248 e. The SMILES string of the molecule is CCc1ccccc1NC(=O)/C=C/c1ccc(OCOC)cc1. The van der Waals surface area contributed by atoms with E-state index in [1.54, 1.807) is 13.2 Å². The van der Waals surface area contributed by atoms with E-state index in [1.807, 2.05) is 48.5 Å². The molecule has 0 aliphatic carbocycles. The lowest BCUT2D eigenvalue weighted by Crippen LogP contribution is -2.09. The summed E-state index contributed by atoms with van der Waals surface area (Å²) in [7, 11) is 1.58. The second-order valence-corrected chi connectivity index (χ2v) is 4.95. The summed E-state index contributed by atoms with van der Waals surface area (Å²) in [6, 6.07) is 15.2. The van der Waals surface area contributed by atoms with Crippen molar-refractivity contribution in [3.05, 3.63) is 65.7 Å². The van der Waals surface area contributed by atoms with Gasteiger partial charge in [0.25, 0.3) is 0 Å². The molecule has 1 N–H and O–H groups in total. The van der Waals surface area contributed by atoms with E-state index < -0.39 is 0 Å². The number of amides is 1. The van der Waals surface area contributed by atoms with Crippen molar-refractivity contribution in [2.75, 3.05) is 19.2 Å². The zero-order valence-corrected chi connectivity index (χ0v) is 13.4. The van der Waals surface area contributed by atoms with E-state index in [0.717, 1.165) is 29.0 Å². The molecule has 0 aliphatic heterocycles. The van der Waals surface area contributed by atoms with Crippen molar-refractivity contribution in [2.24, 2.45) is 0 Å². The van der Waals surface area contributed by atoms with Gasteiger partial charge in [-0.15, -0.1) is 0 Å². The highest BCUT2D eigenvalue weighted by Crippen LogP contribution is 2.16. The topological polar surface area (TPSA) is 47.6 Å². The lowest BCUT2D eigenvalue weighted by atomic mass is 10.1. The largest absolute Gasteiger partial charge is 0.468 e. The van der Waals surface area contributed by atoms with E-state index in [9.17, 15) is 4.79 Å². The average molecular weight is 311 g/mol. The first-order chi connectivity index (χ1) is 11.2. The Balaban J connectivity index is 1.95. The third-order valence-electron chi connectivity index (χ3n) is 3.31. The number of para-hydroxylation sites is 1. The van der Waals surface area contributed by atoms with Crippen molar-refractivity contribution in [3.8, 4) is 5.75 Å². The van der Waals surface area contributed by atoms with Crippen molar-refractivity contribution < 1.29 is 14.3 Å². The van der Waals surface area contributed by atoms with Crippen LogP contribution in [-0.2, 0) is 16.0 Å². The number of nitrogens with one attached hydrogen (secondary N) is 1. The summed E-state index contributed by atoms with van der Waals surface area (Å²) in [6.45, 7) is 2.28. The Bertz CT molecular complexity index is 663. The number of carbonyl (C=O) groups is 1. The summed E-state index contributed by atoms with van der Waals surface area (Å²) in [4.78, 5) is 12.0. The second-order valence-electron chi connectivity index (χ2n) is 4.95. The van der Waals surface area contributed by atoms with E-state index in [1.165, 1.54) is 6.08 Å². The number of hydrogen-bond donors (Lipinski definition) is 1. The van der Waals surface area contributed by atoms with E-state index in [4.69, 9.17) is 9.47 Å². The van der Waals surface area contributed by atoms with Gasteiger partial charge in [-0.2, -0.15) is 0 Å². The lowest BCUT2D eigenvalue weighted by Gasteiger charge is -2.07. The molecule has 23 heavy (non-hydrogen) atoms. The fraction of sp³-hybridized carbons (Fsp3) is 0.211. The van der Waals surface area contributed by atoms with Crippen LogP contribution in [0.15, 0.2) is 54.6 Å². The Labute approximate surface area is 136 Å². The molecule has 0 saturated heterocycles. The van der Waals surface area contributed by atoms with Crippen LogP contribution in [0.3, 0.4) is 0 Å². The van der Waals surface area contributed by atoms with Crippen LogP contribution in [-0.4, -0.2) is 19.8 Å². The Morgan fingerprint density at radius 2 is 1.87 bits per heavy atom. The third-order valence-corrected chi connectivity index (χ3v) is 3.31. The van der Waals surface area contributed by atoms with Gasteiger partial charge in [0.05, 0.1) is 0 Å². The van der Waals surface area contributed by atoms with Gasteiger partial charge in [0, 0.05) is 18.9 Å². The van der Waals surface area contributed by atoms with Crippen molar-refractivity contribution in [3.63, 3.8) is 0 Å². The highest BCUT2D eigenvalue weighted by molar-refractivity contribution is 6.02. The number of hydrogen-bond acceptors (Lipinski definition) is 3. The molecule has 0 bridgehead atoms. The van der Waals surface area contributed by atoms with Crippen LogP contribution in [0, 0.1) is 0 Å². The summed E-state index contributed by atoms with van der Waals surface area (Å²) in [5.74, 6) is 0.580. The Kier molecular flexibility index (Phi) is 6.39. The fourth-order valence-electron chi connectivity index (χ4n) is 2.10. The molecule has 0 aliphatic rings. The summed E-state index contributed by atoms with van der Waals surface area (Å²) in [5.41, 5.74) is 2.90. The van der Waals surface area contributed by atoms with Gasteiger partial charge >= 0.3 is 0 Å². The molecule has 2 aromatic rings. The Morgan fingerprint density at radius 1 is 1.13 bits per heavy atom. The first-order valence-electron chi connectivity index (χ1n) is 7.51. The number of methoxy groups -OCH3 is 1. The van der Waals surface area contributed by atoms with Crippen LogP contribution in [0.1, 0.15) is 18.1 Å². The second kappa shape index (κ2) is 8.76. The van der Waals surface area contributed by atoms with E-state index in [-0.39, 0.29) is 12.7 Å². The van der Waals surface area contributed by atoms with E-state index >= 15 is 0 Å². The lowest BCUT2D eigenvalue weighted by molar-refractivity contribution is -0.111. The minimum atomic E-state index is -0.148. The Morgan fingerprint density at radius 3 is 2.57 bits per heavy atom. The molecule has 0 saturated carbocycles. The van der Waals surface area contributed by atoms with Gasteiger partial charge in [0.15, 0.2) is 6.79 Å². The van der Waals surface area contributed by atoms with E-state index in [0.29, 0.717) is 0 Å². The maximum atomic E-state index is 12.0. The number of aryl methyl sites for hydroxylation is 1. The zero-order chi connectivity index (χ0) is 16.5. The molecule has 1 amide bonds. The summed E-state index contributed by atoms with van der Waals surface area (Å²) < 4.78 is 10.2. The number of carbonyl (C=O) groups excluding carboxylic acids is 1. The number of ether oxygens (including phenoxy) is 2. The molecule has 4 nitrogen and oxygen atoms in total. The molecule has 0 heterocycles. The van der Waals surface area contributed by atoms with Gasteiger partial charge in [0.1, 0.15) is 5.75 Å². The monoisotopic (exact) mass is 311 g/mol. The molecule has 120 valence electrons. The summed E-state index contributed by atoms with van der Waals surface area (Å²) >= 11 is 0. The molecule has 4 heteroatoms. The quantitative estimate of drug-likeness (QED) is 0.623. The molecule has 0 fully saturated rings. The van der Waals surface area contributed by atoms with Crippen LogP contribution in [0.2, 0.25) is 0 Å².